The van der Waals surface area contributed by atoms with E-state index in [4.69, 9.17) is 14.9 Å². The highest BCUT2D eigenvalue weighted by Crippen LogP contribution is 2.08. The lowest BCUT2D eigenvalue weighted by molar-refractivity contribution is 0.154. The SMILES string of the molecule is CCOCCN(C)c1nnc(CN)o1. The number of aromatic nitrogens is 2. The van der Waals surface area contributed by atoms with Gasteiger partial charge in [0.2, 0.25) is 5.89 Å². The lowest BCUT2D eigenvalue weighted by atomic mass is 10.6. The monoisotopic (exact) mass is 200 g/mol. The molecule has 0 aromatic carbocycles. The van der Waals surface area contributed by atoms with Crippen molar-refractivity contribution >= 4 is 6.01 Å². The van der Waals surface area contributed by atoms with E-state index in [-0.39, 0.29) is 6.54 Å². The fourth-order valence-electron chi connectivity index (χ4n) is 0.923. The Kier molecular flexibility index (Phi) is 4.34. The van der Waals surface area contributed by atoms with Crippen LogP contribution >= 0.6 is 0 Å². The predicted octanol–water partition coefficient (Wildman–Crippen LogP) is 0.00100. The molecule has 2 N–H and O–H groups in total. The second-order valence-corrected chi connectivity index (χ2v) is 2.80. The van der Waals surface area contributed by atoms with E-state index in [0.717, 1.165) is 6.54 Å². The molecular weight excluding hydrogens is 184 g/mol. The first kappa shape index (κ1) is 10.9. The van der Waals surface area contributed by atoms with Gasteiger partial charge in [0.1, 0.15) is 0 Å². The van der Waals surface area contributed by atoms with Crippen molar-refractivity contribution in [3.63, 3.8) is 0 Å². The summed E-state index contributed by atoms with van der Waals surface area (Å²) < 4.78 is 10.5. The van der Waals surface area contributed by atoms with Crippen molar-refractivity contribution in [2.45, 2.75) is 13.5 Å². The zero-order valence-electron chi connectivity index (χ0n) is 8.56. The summed E-state index contributed by atoms with van der Waals surface area (Å²) in [5, 5.41) is 7.60. The number of hydrogen-bond acceptors (Lipinski definition) is 6. The molecule has 0 fully saturated rings. The molecule has 1 aromatic rings. The normalized spacial score (nSPS) is 10.5. The summed E-state index contributed by atoms with van der Waals surface area (Å²) in [6, 6.07) is 0.477. The van der Waals surface area contributed by atoms with Gasteiger partial charge in [0.15, 0.2) is 0 Å². The van der Waals surface area contributed by atoms with Gasteiger partial charge in [-0.3, -0.25) is 0 Å². The predicted molar refractivity (Wildman–Crippen MR) is 52.0 cm³/mol. The van der Waals surface area contributed by atoms with Gasteiger partial charge in [-0.2, -0.15) is 0 Å². The first-order valence-corrected chi connectivity index (χ1v) is 4.59. The van der Waals surface area contributed by atoms with Gasteiger partial charge < -0.3 is 19.8 Å². The highest BCUT2D eigenvalue weighted by Gasteiger charge is 2.08. The molecule has 1 rings (SSSR count). The van der Waals surface area contributed by atoms with Crippen LogP contribution in [0, 0.1) is 0 Å². The first-order chi connectivity index (χ1) is 6.77. The molecule has 0 radical (unpaired) electrons. The van der Waals surface area contributed by atoms with Crippen LogP contribution in [0.15, 0.2) is 4.42 Å². The van der Waals surface area contributed by atoms with Crippen LogP contribution < -0.4 is 10.6 Å². The largest absolute Gasteiger partial charge is 0.407 e. The number of nitrogens with two attached hydrogens (primary N) is 1. The van der Waals surface area contributed by atoms with Crippen LogP contribution in [-0.2, 0) is 11.3 Å². The Labute approximate surface area is 83.0 Å². The average Bonchev–Trinajstić information content (AvgIpc) is 2.66. The lowest BCUT2D eigenvalue weighted by Gasteiger charge is -2.12. The standard InChI is InChI=1S/C8H16N4O2/c1-3-13-5-4-12(2)8-11-10-7(6-9)14-8/h3-6,9H2,1-2H3. The summed E-state index contributed by atoms with van der Waals surface area (Å²) in [6.07, 6.45) is 0. The molecule has 0 amide bonds. The molecule has 0 aliphatic rings. The van der Waals surface area contributed by atoms with Gasteiger partial charge in [-0.1, -0.05) is 5.10 Å². The maximum Gasteiger partial charge on any atom is 0.318 e. The highest BCUT2D eigenvalue weighted by atomic mass is 16.5. The zero-order chi connectivity index (χ0) is 10.4. The molecule has 0 unspecified atom stereocenters. The minimum atomic E-state index is 0.270. The molecule has 0 saturated heterocycles. The Balaban J connectivity index is 2.39. The third-order valence-electron chi connectivity index (χ3n) is 1.73. The van der Waals surface area contributed by atoms with E-state index in [9.17, 15) is 0 Å². The van der Waals surface area contributed by atoms with E-state index in [2.05, 4.69) is 10.2 Å². The summed E-state index contributed by atoms with van der Waals surface area (Å²) in [6.45, 7) is 4.31. The van der Waals surface area contributed by atoms with Crippen molar-refractivity contribution in [1.29, 1.82) is 0 Å². The first-order valence-electron chi connectivity index (χ1n) is 4.59. The van der Waals surface area contributed by atoms with Gasteiger partial charge in [0.05, 0.1) is 13.2 Å². The molecule has 14 heavy (non-hydrogen) atoms. The summed E-state index contributed by atoms with van der Waals surface area (Å²) >= 11 is 0. The van der Waals surface area contributed by atoms with E-state index in [1.165, 1.54) is 0 Å². The lowest BCUT2D eigenvalue weighted by Crippen LogP contribution is -2.22. The molecule has 1 aromatic heterocycles. The van der Waals surface area contributed by atoms with Crippen LogP contribution in [0.5, 0.6) is 0 Å². The molecule has 0 spiro atoms. The maximum absolute atomic E-state index is 5.35. The van der Waals surface area contributed by atoms with Gasteiger partial charge in [0.25, 0.3) is 0 Å². The fraction of sp³-hybridized carbons (Fsp3) is 0.750. The molecule has 0 aliphatic heterocycles. The van der Waals surface area contributed by atoms with Crippen LogP contribution in [-0.4, -0.2) is 37.0 Å². The highest BCUT2D eigenvalue weighted by molar-refractivity contribution is 5.21. The minimum Gasteiger partial charge on any atom is -0.407 e. The van der Waals surface area contributed by atoms with E-state index >= 15 is 0 Å². The fourth-order valence-corrected chi connectivity index (χ4v) is 0.923. The van der Waals surface area contributed by atoms with Crippen molar-refractivity contribution in [3.05, 3.63) is 5.89 Å². The van der Waals surface area contributed by atoms with Crippen molar-refractivity contribution in [1.82, 2.24) is 10.2 Å². The van der Waals surface area contributed by atoms with E-state index in [1.54, 1.807) is 0 Å². The minimum absolute atomic E-state index is 0.270. The number of likely N-dealkylation sites (N-methyl/N-ethyl adjacent to an activating group) is 1. The van der Waals surface area contributed by atoms with Gasteiger partial charge >= 0.3 is 6.01 Å². The quantitative estimate of drug-likeness (QED) is 0.651. The molecule has 1 heterocycles. The molecular formula is C8H16N4O2. The van der Waals surface area contributed by atoms with E-state index < -0.39 is 0 Å². The van der Waals surface area contributed by atoms with Crippen LogP contribution in [0.4, 0.5) is 6.01 Å². The third-order valence-corrected chi connectivity index (χ3v) is 1.73. The van der Waals surface area contributed by atoms with E-state index in [0.29, 0.717) is 25.1 Å². The summed E-state index contributed by atoms with van der Waals surface area (Å²) in [4.78, 5) is 1.84. The third kappa shape index (κ3) is 2.97. The Morgan fingerprint density at radius 3 is 2.86 bits per heavy atom. The molecule has 6 nitrogen and oxygen atoms in total. The summed E-state index contributed by atoms with van der Waals surface area (Å²) in [5.41, 5.74) is 5.35. The van der Waals surface area contributed by atoms with Crippen molar-refractivity contribution in [3.8, 4) is 0 Å². The topological polar surface area (TPSA) is 77.4 Å². The molecule has 6 heteroatoms. The van der Waals surface area contributed by atoms with Gasteiger partial charge in [-0.05, 0) is 6.92 Å². The van der Waals surface area contributed by atoms with Crippen LogP contribution in [0.25, 0.3) is 0 Å². The number of rotatable bonds is 6. The Morgan fingerprint density at radius 1 is 1.50 bits per heavy atom. The Bertz CT molecular complexity index is 264. The Hall–Kier alpha value is -1.14. The smallest absolute Gasteiger partial charge is 0.318 e. The molecule has 0 atom stereocenters. The number of hydrogen-bond donors (Lipinski definition) is 1. The van der Waals surface area contributed by atoms with Gasteiger partial charge in [-0.15, -0.1) is 5.10 Å². The molecule has 80 valence electrons. The summed E-state index contributed by atoms with van der Waals surface area (Å²) in [7, 11) is 1.87. The summed E-state index contributed by atoms with van der Waals surface area (Å²) in [5.74, 6) is 0.447. The van der Waals surface area contributed by atoms with Crippen LogP contribution in [0.1, 0.15) is 12.8 Å². The van der Waals surface area contributed by atoms with E-state index in [1.807, 2.05) is 18.9 Å². The van der Waals surface area contributed by atoms with Crippen LogP contribution in [0.3, 0.4) is 0 Å². The van der Waals surface area contributed by atoms with Gasteiger partial charge in [-0.25, -0.2) is 0 Å². The molecule has 0 aliphatic carbocycles. The molecule has 0 saturated carbocycles. The number of ether oxygens (including phenoxy) is 1. The van der Waals surface area contributed by atoms with Crippen molar-refractivity contribution < 1.29 is 9.15 Å². The molecule has 0 bridgehead atoms. The number of anilines is 1. The van der Waals surface area contributed by atoms with Crippen molar-refractivity contribution in [2.75, 3.05) is 31.7 Å². The number of nitrogens with zero attached hydrogens (tertiary/aromatic N) is 3. The van der Waals surface area contributed by atoms with Crippen molar-refractivity contribution in [2.24, 2.45) is 5.73 Å². The average molecular weight is 200 g/mol. The van der Waals surface area contributed by atoms with Crippen LogP contribution in [0.2, 0.25) is 0 Å². The second kappa shape index (κ2) is 5.56. The second-order valence-electron chi connectivity index (χ2n) is 2.80. The zero-order valence-corrected chi connectivity index (χ0v) is 8.56. The maximum atomic E-state index is 5.35. The Morgan fingerprint density at radius 2 is 2.29 bits per heavy atom. The van der Waals surface area contributed by atoms with Gasteiger partial charge in [0, 0.05) is 20.2 Å².